The number of halogens is 1. The summed E-state index contributed by atoms with van der Waals surface area (Å²) in [7, 11) is -3.22. The molecule has 8 nitrogen and oxygen atoms in total. The quantitative estimate of drug-likeness (QED) is 0.470. The van der Waals surface area contributed by atoms with E-state index in [4.69, 9.17) is 11.6 Å². The third kappa shape index (κ3) is 4.42. The van der Waals surface area contributed by atoms with Crippen LogP contribution >= 0.6 is 11.6 Å². The zero-order chi connectivity index (χ0) is 15.3. The predicted molar refractivity (Wildman–Crippen MR) is 72.6 cm³/mol. The highest BCUT2D eigenvalue weighted by molar-refractivity contribution is 7.91. The SMILES string of the molecule is CCS(=O)(=O)CCNC(=O)c1cc(Cl)ncc1[N+](=O)[O-]. The largest absolute Gasteiger partial charge is 0.351 e. The van der Waals surface area contributed by atoms with E-state index in [2.05, 4.69) is 10.3 Å². The number of nitro groups is 1. The highest BCUT2D eigenvalue weighted by Gasteiger charge is 2.21. The van der Waals surface area contributed by atoms with Gasteiger partial charge in [0.1, 0.15) is 16.9 Å². The summed E-state index contributed by atoms with van der Waals surface area (Å²) >= 11 is 5.59. The molecule has 20 heavy (non-hydrogen) atoms. The van der Waals surface area contributed by atoms with E-state index in [9.17, 15) is 23.3 Å². The summed E-state index contributed by atoms with van der Waals surface area (Å²) in [6.07, 6.45) is 0.875. The third-order valence-electron chi connectivity index (χ3n) is 2.43. The molecule has 0 unspecified atom stereocenters. The van der Waals surface area contributed by atoms with Crippen molar-refractivity contribution >= 4 is 33.0 Å². The molecule has 1 amide bonds. The second kappa shape index (κ2) is 6.62. The standard InChI is InChI=1S/C10H12ClN3O5S/c1-2-20(18,19)4-3-12-10(15)7-5-9(11)13-6-8(7)14(16)17/h5-6H,2-4H2,1H3,(H,12,15). The van der Waals surface area contributed by atoms with Crippen LogP contribution in [0.5, 0.6) is 0 Å². The lowest BCUT2D eigenvalue weighted by Crippen LogP contribution is -2.30. The Morgan fingerprint density at radius 3 is 2.75 bits per heavy atom. The van der Waals surface area contributed by atoms with Gasteiger partial charge in [-0.15, -0.1) is 0 Å². The Kier molecular flexibility index (Phi) is 5.40. The van der Waals surface area contributed by atoms with Crippen LogP contribution in [0, 0.1) is 10.1 Å². The van der Waals surface area contributed by atoms with Gasteiger partial charge in [0.05, 0.1) is 10.7 Å². The minimum absolute atomic E-state index is 0.0376. The first-order chi connectivity index (χ1) is 9.26. The lowest BCUT2D eigenvalue weighted by molar-refractivity contribution is -0.385. The Hall–Kier alpha value is -1.74. The maximum absolute atomic E-state index is 11.8. The van der Waals surface area contributed by atoms with Gasteiger partial charge in [0.2, 0.25) is 0 Å². The van der Waals surface area contributed by atoms with E-state index in [1.807, 2.05) is 0 Å². The molecule has 0 saturated heterocycles. The van der Waals surface area contributed by atoms with Gasteiger partial charge in [-0.2, -0.15) is 0 Å². The van der Waals surface area contributed by atoms with E-state index >= 15 is 0 Å². The van der Waals surface area contributed by atoms with Gasteiger partial charge in [-0.25, -0.2) is 13.4 Å². The number of amides is 1. The van der Waals surface area contributed by atoms with Crippen LogP contribution in [0.1, 0.15) is 17.3 Å². The van der Waals surface area contributed by atoms with Crippen molar-refractivity contribution in [3.05, 3.63) is 33.1 Å². The minimum Gasteiger partial charge on any atom is -0.351 e. The summed E-state index contributed by atoms with van der Waals surface area (Å²) in [5.74, 6) is -1.04. The second-order valence-electron chi connectivity index (χ2n) is 3.77. The molecule has 0 aliphatic carbocycles. The molecule has 0 saturated carbocycles. The van der Waals surface area contributed by atoms with Crippen molar-refractivity contribution in [1.29, 1.82) is 0 Å². The molecule has 1 N–H and O–H groups in total. The molecular formula is C10H12ClN3O5S. The number of rotatable bonds is 6. The van der Waals surface area contributed by atoms with E-state index in [0.717, 1.165) is 12.3 Å². The van der Waals surface area contributed by atoms with Crippen molar-refractivity contribution in [2.45, 2.75) is 6.92 Å². The smallest absolute Gasteiger partial charge is 0.300 e. The summed E-state index contributed by atoms with van der Waals surface area (Å²) in [6, 6.07) is 1.06. The first kappa shape index (κ1) is 16.3. The van der Waals surface area contributed by atoms with Crippen LogP contribution in [0.15, 0.2) is 12.3 Å². The molecule has 1 aromatic rings. The highest BCUT2D eigenvalue weighted by atomic mass is 35.5. The number of hydrogen-bond acceptors (Lipinski definition) is 6. The van der Waals surface area contributed by atoms with Crippen molar-refractivity contribution in [1.82, 2.24) is 10.3 Å². The van der Waals surface area contributed by atoms with Gasteiger partial charge < -0.3 is 5.32 Å². The van der Waals surface area contributed by atoms with Crippen LogP contribution in [0.2, 0.25) is 5.15 Å². The van der Waals surface area contributed by atoms with Crippen molar-refractivity contribution in [2.75, 3.05) is 18.1 Å². The first-order valence-corrected chi connectivity index (χ1v) is 7.75. The van der Waals surface area contributed by atoms with Gasteiger partial charge in [-0.1, -0.05) is 18.5 Å². The zero-order valence-electron chi connectivity index (χ0n) is 10.5. The zero-order valence-corrected chi connectivity index (χ0v) is 12.1. The fourth-order valence-electron chi connectivity index (χ4n) is 1.31. The summed E-state index contributed by atoms with van der Waals surface area (Å²) in [5, 5.41) is 13.0. The molecule has 1 aromatic heterocycles. The van der Waals surface area contributed by atoms with Gasteiger partial charge in [0.25, 0.3) is 11.6 Å². The number of carbonyl (C=O) groups is 1. The summed E-state index contributed by atoms with van der Waals surface area (Å²) in [4.78, 5) is 25.3. The molecule has 0 atom stereocenters. The number of nitrogens with one attached hydrogen (secondary N) is 1. The first-order valence-electron chi connectivity index (χ1n) is 5.55. The Morgan fingerprint density at radius 2 is 2.20 bits per heavy atom. The van der Waals surface area contributed by atoms with Gasteiger partial charge in [-0.3, -0.25) is 14.9 Å². The van der Waals surface area contributed by atoms with E-state index in [1.54, 1.807) is 0 Å². The Morgan fingerprint density at radius 1 is 1.55 bits per heavy atom. The molecule has 110 valence electrons. The average Bonchev–Trinajstić information content (AvgIpc) is 2.37. The molecule has 10 heteroatoms. The number of sulfone groups is 1. The molecule has 0 radical (unpaired) electrons. The monoisotopic (exact) mass is 321 g/mol. The van der Waals surface area contributed by atoms with Gasteiger partial charge in [0.15, 0.2) is 9.84 Å². The highest BCUT2D eigenvalue weighted by Crippen LogP contribution is 2.20. The molecular weight excluding hydrogens is 310 g/mol. The molecule has 0 bridgehead atoms. The molecule has 0 aliphatic rings. The van der Waals surface area contributed by atoms with Crippen LogP contribution < -0.4 is 5.32 Å². The Labute approximate surface area is 120 Å². The van der Waals surface area contributed by atoms with Crippen LogP contribution in [0.4, 0.5) is 5.69 Å². The fraction of sp³-hybridized carbons (Fsp3) is 0.400. The lowest BCUT2D eigenvalue weighted by Gasteiger charge is -2.06. The fourth-order valence-corrected chi connectivity index (χ4v) is 2.17. The van der Waals surface area contributed by atoms with Crippen LogP contribution in [0.25, 0.3) is 0 Å². The van der Waals surface area contributed by atoms with Gasteiger partial charge in [-0.05, 0) is 6.07 Å². The third-order valence-corrected chi connectivity index (χ3v) is 4.34. The van der Waals surface area contributed by atoms with E-state index in [1.165, 1.54) is 6.92 Å². The van der Waals surface area contributed by atoms with E-state index in [0.29, 0.717) is 0 Å². The van der Waals surface area contributed by atoms with Gasteiger partial charge >= 0.3 is 0 Å². The number of aromatic nitrogens is 1. The number of hydrogen-bond donors (Lipinski definition) is 1. The Balaban J connectivity index is 2.83. The van der Waals surface area contributed by atoms with Gasteiger partial charge in [0, 0.05) is 12.3 Å². The van der Waals surface area contributed by atoms with Crippen LogP contribution in [-0.2, 0) is 9.84 Å². The van der Waals surface area contributed by atoms with Crippen molar-refractivity contribution in [2.24, 2.45) is 0 Å². The molecule has 0 fully saturated rings. The molecule has 0 spiro atoms. The summed E-state index contributed by atoms with van der Waals surface area (Å²) in [6.45, 7) is 1.36. The number of nitrogens with zero attached hydrogens (tertiary/aromatic N) is 2. The predicted octanol–water partition coefficient (Wildman–Crippen LogP) is 0.808. The molecule has 1 rings (SSSR count). The summed E-state index contributed by atoms with van der Waals surface area (Å²) in [5.41, 5.74) is -0.755. The molecule has 1 heterocycles. The van der Waals surface area contributed by atoms with Crippen molar-refractivity contribution in [3.63, 3.8) is 0 Å². The number of carbonyl (C=O) groups excluding carboxylic acids is 1. The van der Waals surface area contributed by atoms with Crippen LogP contribution in [-0.4, -0.2) is 42.3 Å². The normalized spacial score (nSPS) is 11.1. The second-order valence-corrected chi connectivity index (χ2v) is 6.63. The van der Waals surface area contributed by atoms with Crippen molar-refractivity contribution in [3.8, 4) is 0 Å². The topological polar surface area (TPSA) is 119 Å². The number of pyridine rings is 1. The minimum atomic E-state index is -3.22. The Bertz CT molecular complexity index is 632. The van der Waals surface area contributed by atoms with Crippen LogP contribution in [0.3, 0.4) is 0 Å². The lowest BCUT2D eigenvalue weighted by atomic mass is 10.2. The average molecular weight is 322 g/mol. The van der Waals surface area contributed by atoms with Crippen molar-refractivity contribution < 1.29 is 18.1 Å². The van der Waals surface area contributed by atoms with E-state index < -0.39 is 26.4 Å². The maximum Gasteiger partial charge on any atom is 0.300 e. The molecule has 0 aromatic carbocycles. The summed E-state index contributed by atoms with van der Waals surface area (Å²) < 4.78 is 22.5. The van der Waals surface area contributed by atoms with E-state index in [-0.39, 0.29) is 28.8 Å². The molecule has 0 aliphatic heterocycles. The maximum atomic E-state index is 11.8.